The highest BCUT2D eigenvalue weighted by molar-refractivity contribution is 5.78. The van der Waals surface area contributed by atoms with Crippen LogP contribution in [0.1, 0.15) is 25.7 Å². The lowest BCUT2D eigenvalue weighted by Gasteiger charge is -2.29. The molecule has 0 aromatic carbocycles. The van der Waals surface area contributed by atoms with Gasteiger partial charge < -0.3 is 15.5 Å². The maximum absolute atomic E-state index is 12.4. The zero-order valence-corrected chi connectivity index (χ0v) is 9.91. The average molecular weight is 269 g/mol. The van der Waals surface area contributed by atoms with E-state index in [9.17, 15) is 18.0 Å². The highest BCUT2D eigenvalue weighted by Crippen LogP contribution is 2.39. The first-order valence-corrected chi connectivity index (χ1v) is 5.98. The van der Waals surface area contributed by atoms with E-state index in [2.05, 4.69) is 5.32 Å². The van der Waals surface area contributed by atoms with E-state index in [0.29, 0.717) is 0 Å². The van der Waals surface area contributed by atoms with Crippen LogP contribution in [-0.2, 0) is 4.79 Å². The van der Waals surface area contributed by atoms with Gasteiger partial charge in [0.25, 0.3) is 0 Å². The van der Waals surface area contributed by atoms with Crippen LogP contribution in [0, 0.1) is 11.8 Å². The van der Waals surface area contributed by atoms with Gasteiger partial charge in [-0.2, -0.15) is 13.2 Å². The zero-order chi connectivity index (χ0) is 13.8. The van der Waals surface area contributed by atoms with Crippen LogP contribution in [0.5, 0.6) is 0 Å². The number of carbonyl (C=O) groups is 1. The highest BCUT2D eigenvalue weighted by atomic mass is 19.4. The van der Waals surface area contributed by atoms with Crippen molar-refractivity contribution in [2.24, 2.45) is 11.8 Å². The molecule has 4 nitrogen and oxygen atoms in total. The van der Waals surface area contributed by atoms with E-state index >= 15 is 0 Å². The Labute approximate surface area is 103 Å². The average Bonchev–Trinajstić information content (AvgIpc) is 2.34. The second-order valence-corrected chi connectivity index (χ2v) is 4.67. The molecular weight excluding hydrogens is 251 g/mol. The first-order chi connectivity index (χ1) is 8.34. The first-order valence-electron chi connectivity index (χ1n) is 5.98. The molecule has 1 saturated carbocycles. The second kappa shape index (κ2) is 6.38. The summed E-state index contributed by atoms with van der Waals surface area (Å²) in [7, 11) is 0. The van der Waals surface area contributed by atoms with Gasteiger partial charge in [0, 0.05) is 12.5 Å². The van der Waals surface area contributed by atoms with Crippen molar-refractivity contribution in [3.8, 4) is 0 Å². The van der Waals surface area contributed by atoms with Crippen LogP contribution in [0.25, 0.3) is 0 Å². The fourth-order valence-electron chi connectivity index (χ4n) is 2.11. The van der Waals surface area contributed by atoms with Crippen molar-refractivity contribution in [1.29, 1.82) is 0 Å². The third-order valence-corrected chi connectivity index (χ3v) is 3.28. The predicted molar refractivity (Wildman–Crippen MR) is 57.6 cm³/mol. The number of aliphatic hydroxyl groups is 2. The summed E-state index contributed by atoms with van der Waals surface area (Å²) in [6.07, 6.45) is -4.82. The van der Waals surface area contributed by atoms with Gasteiger partial charge in [-0.15, -0.1) is 0 Å². The topological polar surface area (TPSA) is 69.6 Å². The Balaban J connectivity index is 2.32. The Bertz CT molecular complexity index is 275. The maximum Gasteiger partial charge on any atom is 0.391 e. The number of hydrogen-bond donors (Lipinski definition) is 3. The molecule has 1 fully saturated rings. The Kier molecular flexibility index (Phi) is 5.40. The molecule has 18 heavy (non-hydrogen) atoms. The van der Waals surface area contributed by atoms with Gasteiger partial charge >= 0.3 is 6.18 Å². The number of nitrogens with one attached hydrogen (secondary N) is 1. The molecule has 0 spiro atoms. The van der Waals surface area contributed by atoms with Gasteiger partial charge in [0.15, 0.2) is 0 Å². The number of amides is 1. The number of hydrogen-bond acceptors (Lipinski definition) is 3. The van der Waals surface area contributed by atoms with Gasteiger partial charge in [-0.05, 0) is 25.7 Å². The lowest BCUT2D eigenvalue weighted by Crippen LogP contribution is -2.39. The normalized spacial score (nSPS) is 26.7. The smallest absolute Gasteiger partial charge is 0.391 e. The summed E-state index contributed by atoms with van der Waals surface area (Å²) in [5.74, 6) is -2.07. The molecule has 7 heteroatoms. The molecule has 1 amide bonds. The van der Waals surface area contributed by atoms with E-state index in [1.807, 2.05) is 0 Å². The molecule has 3 N–H and O–H groups in total. The molecule has 106 valence electrons. The van der Waals surface area contributed by atoms with Gasteiger partial charge in [0.2, 0.25) is 5.91 Å². The number of carbonyl (C=O) groups excluding carboxylic acids is 1. The Morgan fingerprint density at radius 2 is 1.83 bits per heavy atom. The van der Waals surface area contributed by atoms with Gasteiger partial charge in [-0.3, -0.25) is 4.79 Å². The highest BCUT2D eigenvalue weighted by Gasteiger charge is 2.42. The fraction of sp³-hybridized carbons (Fsp3) is 0.909. The molecular formula is C11H18F3NO3. The van der Waals surface area contributed by atoms with Gasteiger partial charge in [0.1, 0.15) is 0 Å². The zero-order valence-electron chi connectivity index (χ0n) is 9.91. The first kappa shape index (κ1) is 15.2. The summed E-state index contributed by atoms with van der Waals surface area (Å²) in [6.45, 7) is -0.532. The summed E-state index contributed by atoms with van der Waals surface area (Å²) in [5, 5.41) is 20.0. The molecule has 1 unspecified atom stereocenters. The van der Waals surface area contributed by atoms with Gasteiger partial charge in [0.05, 0.1) is 18.6 Å². The molecule has 0 radical (unpaired) electrons. The van der Waals surface area contributed by atoms with Crippen LogP contribution in [-0.4, -0.2) is 41.6 Å². The van der Waals surface area contributed by atoms with Crippen molar-refractivity contribution in [1.82, 2.24) is 5.32 Å². The van der Waals surface area contributed by atoms with Crippen molar-refractivity contribution in [2.75, 3.05) is 13.2 Å². The largest absolute Gasteiger partial charge is 0.394 e. The van der Waals surface area contributed by atoms with Crippen molar-refractivity contribution >= 4 is 5.91 Å². The molecule has 0 aromatic heterocycles. The minimum atomic E-state index is -4.17. The van der Waals surface area contributed by atoms with Crippen LogP contribution in [0.2, 0.25) is 0 Å². The molecule has 0 aromatic rings. The van der Waals surface area contributed by atoms with E-state index in [4.69, 9.17) is 10.2 Å². The van der Waals surface area contributed by atoms with Crippen LogP contribution in [0.4, 0.5) is 13.2 Å². The van der Waals surface area contributed by atoms with Crippen molar-refractivity contribution in [3.63, 3.8) is 0 Å². The molecule has 0 heterocycles. The predicted octanol–water partition coefficient (Wildman–Crippen LogP) is 0.824. The quantitative estimate of drug-likeness (QED) is 0.708. The Hall–Kier alpha value is -0.820. The number of alkyl halides is 3. The summed E-state index contributed by atoms with van der Waals surface area (Å²) in [6, 6.07) is 0. The summed E-state index contributed by atoms with van der Waals surface area (Å²) in [5.41, 5.74) is 0. The standard InChI is InChI=1S/C11H18F3NO3/c12-11(13,14)8-3-1-7(2-4-8)10(18)15-5-9(17)6-16/h7-9,16-17H,1-6H2,(H,15,18). The Morgan fingerprint density at radius 3 is 2.28 bits per heavy atom. The third-order valence-electron chi connectivity index (χ3n) is 3.28. The molecule has 1 rings (SSSR count). The number of rotatable bonds is 4. The number of halogens is 3. The van der Waals surface area contributed by atoms with Crippen molar-refractivity contribution in [2.45, 2.75) is 38.0 Å². The molecule has 0 saturated heterocycles. The Morgan fingerprint density at radius 1 is 1.28 bits per heavy atom. The monoisotopic (exact) mass is 269 g/mol. The van der Waals surface area contributed by atoms with Crippen molar-refractivity contribution in [3.05, 3.63) is 0 Å². The van der Waals surface area contributed by atoms with Crippen LogP contribution in [0.3, 0.4) is 0 Å². The maximum atomic E-state index is 12.4. The van der Waals surface area contributed by atoms with E-state index in [0.717, 1.165) is 0 Å². The molecule has 0 aliphatic heterocycles. The lowest BCUT2D eigenvalue weighted by molar-refractivity contribution is -0.184. The summed E-state index contributed by atoms with van der Waals surface area (Å²) < 4.78 is 37.2. The molecule has 1 aliphatic rings. The molecule has 1 atom stereocenters. The molecule has 1 aliphatic carbocycles. The van der Waals surface area contributed by atoms with Gasteiger partial charge in [-0.1, -0.05) is 0 Å². The van der Waals surface area contributed by atoms with Gasteiger partial charge in [-0.25, -0.2) is 0 Å². The number of aliphatic hydroxyl groups excluding tert-OH is 2. The third kappa shape index (κ3) is 4.45. The van der Waals surface area contributed by atoms with E-state index in [1.165, 1.54) is 0 Å². The van der Waals surface area contributed by atoms with Crippen molar-refractivity contribution < 1.29 is 28.2 Å². The van der Waals surface area contributed by atoms with E-state index < -0.39 is 30.7 Å². The molecule has 0 bridgehead atoms. The van der Waals surface area contributed by atoms with E-state index in [-0.39, 0.29) is 38.1 Å². The van der Waals surface area contributed by atoms with Crippen LogP contribution in [0.15, 0.2) is 0 Å². The summed E-state index contributed by atoms with van der Waals surface area (Å²) in [4.78, 5) is 11.6. The fourth-order valence-corrected chi connectivity index (χ4v) is 2.11. The minimum Gasteiger partial charge on any atom is -0.394 e. The SMILES string of the molecule is O=C(NCC(O)CO)C1CCC(C(F)(F)F)CC1. The van der Waals surface area contributed by atoms with Crippen LogP contribution >= 0.6 is 0 Å². The lowest BCUT2D eigenvalue weighted by atomic mass is 9.81. The minimum absolute atomic E-state index is 0.0237. The summed E-state index contributed by atoms with van der Waals surface area (Å²) >= 11 is 0. The second-order valence-electron chi connectivity index (χ2n) is 4.67. The van der Waals surface area contributed by atoms with Crippen LogP contribution < -0.4 is 5.32 Å². The van der Waals surface area contributed by atoms with E-state index in [1.54, 1.807) is 0 Å².